The summed E-state index contributed by atoms with van der Waals surface area (Å²) in [4.78, 5) is 37.4. The molecule has 4 aliphatic carbocycles. The van der Waals surface area contributed by atoms with Crippen LogP contribution in [0.4, 0.5) is 0 Å². The molecule has 29 heavy (non-hydrogen) atoms. The molecule has 6 nitrogen and oxygen atoms in total. The Morgan fingerprint density at radius 3 is 2.59 bits per heavy atom. The second kappa shape index (κ2) is 7.28. The van der Waals surface area contributed by atoms with Gasteiger partial charge in [0, 0.05) is 11.8 Å². The van der Waals surface area contributed by atoms with Gasteiger partial charge in [-0.3, -0.25) is 14.4 Å². The number of rotatable bonds is 7. The van der Waals surface area contributed by atoms with Crippen LogP contribution in [0.25, 0.3) is 0 Å². The van der Waals surface area contributed by atoms with Gasteiger partial charge in [0.05, 0.1) is 17.8 Å². The van der Waals surface area contributed by atoms with Crippen LogP contribution in [0.15, 0.2) is 0 Å². The molecule has 4 bridgehead atoms. The minimum atomic E-state index is -0.329. The summed E-state index contributed by atoms with van der Waals surface area (Å²) in [6, 6.07) is 0. The molecule has 1 saturated heterocycles. The van der Waals surface area contributed by atoms with Crippen molar-refractivity contribution in [3.05, 3.63) is 0 Å². The smallest absolute Gasteiger partial charge is 0.309 e. The molecule has 0 amide bonds. The van der Waals surface area contributed by atoms with Crippen LogP contribution in [-0.4, -0.2) is 36.2 Å². The third kappa shape index (κ3) is 3.27. The molecular weight excluding hydrogens is 372 g/mol. The van der Waals surface area contributed by atoms with Crippen LogP contribution >= 0.6 is 0 Å². The lowest BCUT2D eigenvalue weighted by Crippen LogP contribution is -2.38. The quantitative estimate of drug-likeness (QED) is 0.479. The van der Waals surface area contributed by atoms with Crippen LogP contribution in [0, 0.1) is 41.4 Å². The zero-order valence-corrected chi connectivity index (χ0v) is 17.4. The number of carbonyl (C=O) groups is 3. The Balaban J connectivity index is 1.14. The van der Waals surface area contributed by atoms with Crippen LogP contribution in [0.3, 0.4) is 0 Å². The van der Waals surface area contributed by atoms with E-state index in [1.807, 2.05) is 13.8 Å². The maximum absolute atomic E-state index is 12.9. The molecule has 0 aromatic rings. The van der Waals surface area contributed by atoms with Crippen molar-refractivity contribution in [1.29, 1.82) is 0 Å². The molecule has 160 valence electrons. The van der Waals surface area contributed by atoms with Gasteiger partial charge in [0.15, 0.2) is 0 Å². The Morgan fingerprint density at radius 1 is 1.07 bits per heavy atom. The van der Waals surface area contributed by atoms with Crippen molar-refractivity contribution >= 4 is 17.9 Å². The van der Waals surface area contributed by atoms with E-state index in [2.05, 4.69) is 0 Å². The van der Waals surface area contributed by atoms with Gasteiger partial charge in [-0.05, 0) is 63.2 Å². The van der Waals surface area contributed by atoms with Crippen molar-refractivity contribution in [2.45, 2.75) is 83.5 Å². The fraction of sp³-hybridized carbons (Fsp3) is 0.870. The van der Waals surface area contributed by atoms with Gasteiger partial charge in [-0.2, -0.15) is 0 Å². The summed E-state index contributed by atoms with van der Waals surface area (Å²) in [5.74, 6) is 0.545. The SMILES string of the molecule is CCC(CC(C)C(=O)OC1CC2CCC1C2)C(=O)OC1C2CC3C(=O)OC1C3C2. The second-order valence-corrected chi connectivity index (χ2v) is 10.2. The van der Waals surface area contributed by atoms with E-state index in [0.29, 0.717) is 18.8 Å². The van der Waals surface area contributed by atoms with Crippen molar-refractivity contribution in [2.75, 3.05) is 0 Å². The molecule has 1 aliphatic heterocycles. The van der Waals surface area contributed by atoms with Gasteiger partial charge < -0.3 is 14.2 Å². The third-order valence-corrected chi connectivity index (χ3v) is 8.47. The maximum Gasteiger partial charge on any atom is 0.309 e. The molecule has 10 unspecified atom stereocenters. The van der Waals surface area contributed by atoms with Crippen molar-refractivity contribution in [3.63, 3.8) is 0 Å². The van der Waals surface area contributed by atoms with E-state index in [1.165, 1.54) is 19.3 Å². The van der Waals surface area contributed by atoms with E-state index < -0.39 is 0 Å². The second-order valence-electron chi connectivity index (χ2n) is 10.2. The number of hydrogen-bond acceptors (Lipinski definition) is 6. The molecule has 0 aromatic carbocycles. The standard InChI is InChI=1S/C23H32O6/c1-3-13(6-11(2)21(24)27-18-8-12-4-5-14(18)7-12)22(25)28-19-15-9-16-17(10-15)23(26)29-20(16)19/h11-20H,3-10H2,1-2H3. The number of fused-ring (bicyclic) bond motifs is 3. The van der Waals surface area contributed by atoms with Gasteiger partial charge >= 0.3 is 17.9 Å². The summed E-state index contributed by atoms with van der Waals surface area (Å²) in [6.07, 6.45) is 6.95. The molecule has 10 atom stereocenters. The zero-order chi connectivity index (χ0) is 20.3. The molecule has 0 radical (unpaired) electrons. The molecule has 4 saturated carbocycles. The number of esters is 3. The number of ether oxygens (including phenoxy) is 3. The fourth-order valence-electron chi connectivity index (χ4n) is 6.84. The molecule has 1 heterocycles. The lowest BCUT2D eigenvalue weighted by atomic mass is 9.87. The molecule has 0 spiro atoms. The normalized spacial score (nSPS) is 43.3. The monoisotopic (exact) mass is 404 g/mol. The number of carbonyl (C=O) groups excluding carboxylic acids is 3. The Labute approximate surface area is 172 Å². The highest BCUT2D eigenvalue weighted by Gasteiger charge is 2.63. The van der Waals surface area contributed by atoms with Gasteiger partial charge in [0.2, 0.25) is 0 Å². The van der Waals surface area contributed by atoms with Crippen LogP contribution in [-0.2, 0) is 28.6 Å². The zero-order valence-electron chi connectivity index (χ0n) is 17.4. The van der Waals surface area contributed by atoms with E-state index in [9.17, 15) is 14.4 Å². The van der Waals surface area contributed by atoms with E-state index in [0.717, 1.165) is 25.2 Å². The first-order chi connectivity index (χ1) is 13.9. The highest BCUT2D eigenvalue weighted by molar-refractivity contribution is 5.78. The first kappa shape index (κ1) is 19.4. The van der Waals surface area contributed by atoms with E-state index in [1.54, 1.807) is 0 Å². The van der Waals surface area contributed by atoms with Crippen molar-refractivity contribution < 1.29 is 28.6 Å². The Hall–Kier alpha value is -1.59. The third-order valence-electron chi connectivity index (χ3n) is 8.47. The van der Waals surface area contributed by atoms with E-state index in [4.69, 9.17) is 14.2 Å². The predicted molar refractivity (Wildman–Crippen MR) is 102 cm³/mol. The summed E-state index contributed by atoms with van der Waals surface area (Å²) < 4.78 is 17.2. The summed E-state index contributed by atoms with van der Waals surface area (Å²) in [5, 5.41) is 0. The largest absolute Gasteiger partial charge is 0.462 e. The molecule has 6 heteroatoms. The molecular formula is C23H32O6. The lowest BCUT2D eigenvalue weighted by molar-refractivity contribution is -0.167. The molecule has 0 N–H and O–H groups in total. The number of hydrogen-bond donors (Lipinski definition) is 0. The molecule has 5 rings (SSSR count). The summed E-state index contributed by atoms with van der Waals surface area (Å²) in [5.41, 5.74) is 0. The average Bonchev–Trinajstić information content (AvgIpc) is 3.48. The Kier molecular flexibility index (Phi) is 4.86. The summed E-state index contributed by atoms with van der Waals surface area (Å²) >= 11 is 0. The highest BCUT2D eigenvalue weighted by atomic mass is 16.6. The van der Waals surface area contributed by atoms with Crippen LogP contribution in [0.2, 0.25) is 0 Å². The molecule has 0 aromatic heterocycles. The van der Waals surface area contributed by atoms with Gasteiger partial charge in [-0.15, -0.1) is 0 Å². The average molecular weight is 405 g/mol. The Morgan fingerprint density at radius 2 is 1.90 bits per heavy atom. The van der Waals surface area contributed by atoms with Crippen LogP contribution in [0.1, 0.15) is 65.2 Å². The summed E-state index contributed by atoms with van der Waals surface area (Å²) in [7, 11) is 0. The maximum atomic E-state index is 12.9. The lowest BCUT2D eigenvalue weighted by Gasteiger charge is -2.28. The summed E-state index contributed by atoms with van der Waals surface area (Å²) in [6.45, 7) is 3.80. The van der Waals surface area contributed by atoms with E-state index in [-0.39, 0.29) is 65.8 Å². The predicted octanol–water partition coefficient (Wildman–Crippen LogP) is 3.26. The minimum absolute atomic E-state index is 0.0163. The van der Waals surface area contributed by atoms with Crippen LogP contribution in [0.5, 0.6) is 0 Å². The van der Waals surface area contributed by atoms with Crippen molar-refractivity contribution in [1.82, 2.24) is 0 Å². The topological polar surface area (TPSA) is 78.9 Å². The van der Waals surface area contributed by atoms with Gasteiger partial charge in [0.1, 0.15) is 18.3 Å². The molecule has 5 fully saturated rings. The first-order valence-corrected chi connectivity index (χ1v) is 11.6. The van der Waals surface area contributed by atoms with Crippen molar-refractivity contribution in [2.24, 2.45) is 41.4 Å². The van der Waals surface area contributed by atoms with Crippen molar-refractivity contribution in [3.8, 4) is 0 Å². The van der Waals surface area contributed by atoms with Gasteiger partial charge in [-0.1, -0.05) is 13.8 Å². The first-order valence-electron chi connectivity index (χ1n) is 11.6. The Bertz CT molecular complexity index is 703. The minimum Gasteiger partial charge on any atom is -0.462 e. The van der Waals surface area contributed by atoms with Gasteiger partial charge in [0.25, 0.3) is 0 Å². The molecule has 5 aliphatic rings. The highest BCUT2D eigenvalue weighted by Crippen LogP contribution is 2.55. The van der Waals surface area contributed by atoms with Crippen LogP contribution < -0.4 is 0 Å². The fourth-order valence-corrected chi connectivity index (χ4v) is 6.84. The van der Waals surface area contributed by atoms with E-state index >= 15 is 0 Å². The van der Waals surface area contributed by atoms with Gasteiger partial charge in [-0.25, -0.2) is 0 Å².